The van der Waals surface area contributed by atoms with Crippen molar-refractivity contribution in [3.05, 3.63) is 59.7 Å². The Hall–Kier alpha value is -0.682. The minimum Gasteiger partial charge on any atom is -0.338 e. The number of hydrogen-bond acceptors (Lipinski definition) is 1. The Balaban J connectivity index is 0.00000578. The summed E-state index contributed by atoms with van der Waals surface area (Å²) in [6.07, 6.45) is 20.4. The van der Waals surface area contributed by atoms with Gasteiger partial charge in [-0.3, -0.25) is 4.57 Å². The van der Waals surface area contributed by atoms with Crippen molar-refractivity contribution in [3.63, 3.8) is 0 Å². The first-order valence-electron chi connectivity index (χ1n) is 13.6. The first-order chi connectivity index (χ1) is 16.1. The quantitative estimate of drug-likeness (QED) is 0.112. The fraction of sp³-hybridized carbons (Fsp3) is 0.600. The Morgan fingerprint density at radius 1 is 0.529 bits per heavy atom. The minimum absolute atomic E-state index is 0. The van der Waals surface area contributed by atoms with Gasteiger partial charge in [0.25, 0.3) is 7.37 Å². The van der Waals surface area contributed by atoms with E-state index < -0.39 is 7.37 Å². The van der Waals surface area contributed by atoms with E-state index in [2.05, 4.69) is 13.8 Å². The van der Waals surface area contributed by atoms with E-state index in [1.165, 1.54) is 101 Å². The largest absolute Gasteiger partial charge is 0.338 e. The van der Waals surface area contributed by atoms with Gasteiger partial charge in [0.05, 0.1) is 0 Å². The van der Waals surface area contributed by atoms with Crippen LogP contribution in [0.2, 0.25) is 0 Å². The normalized spacial score (nSPS) is 11.4. The SMILES string of the molecule is CCCCCCCCCc1ccc(P(=O)(O)c2ccc(CCCCCCCCC)cc2)cc1.[Mo]. The fourth-order valence-corrected chi connectivity index (χ4v) is 5.86. The van der Waals surface area contributed by atoms with Crippen LogP contribution >= 0.6 is 7.37 Å². The molecule has 4 heteroatoms. The molecule has 0 bridgehead atoms. The summed E-state index contributed by atoms with van der Waals surface area (Å²) in [6, 6.07) is 15.5. The van der Waals surface area contributed by atoms with Crippen LogP contribution < -0.4 is 10.6 Å². The Morgan fingerprint density at radius 3 is 1.15 bits per heavy atom. The van der Waals surface area contributed by atoms with Gasteiger partial charge >= 0.3 is 0 Å². The molecule has 0 amide bonds. The van der Waals surface area contributed by atoms with Gasteiger partial charge in [-0.05, 0) is 61.1 Å². The molecule has 0 radical (unpaired) electrons. The second-order valence-electron chi connectivity index (χ2n) is 9.65. The summed E-state index contributed by atoms with van der Waals surface area (Å²) in [5.41, 5.74) is 2.52. The molecular weight excluding hydrogens is 519 g/mol. The number of hydrogen-bond donors (Lipinski definition) is 1. The van der Waals surface area contributed by atoms with Gasteiger partial charge in [0.15, 0.2) is 0 Å². The van der Waals surface area contributed by atoms with E-state index in [4.69, 9.17) is 0 Å². The van der Waals surface area contributed by atoms with Crippen molar-refractivity contribution in [1.82, 2.24) is 0 Å². The summed E-state index contributed by atoms with van der Waals surface area (Å²) >= 11 is 0. The molecule has 0 heterocycles. The predicted molar refractivity (Wildman–Crippen MR) is 145 cm³/mol. The predicted octanol–water partition coefficient (Wildman–Crippen LogP) is 8.49. The molecule has 2 nitrogen and oxygen atoms in total. The first-order valence-corrected chi connectivity index (χ1v) is 15.3. The Labute approximate surface area is 224 Å². The number of benzene rings is 2. The molecule has 0 aromatic heterocycles. The molecule has 0 saturated carbocycles. The number of unbranched alkanes of at least 4 members (excludes halogenated alkanes) is 12. The Bertz CT molecular complexity index is 736. The Morgan fingerprint density at radius 2 is 0.824 bits per heavy atom. The zero-order valence-electron chi connectivity index (χ0n) is 21.6. The van der Waals surface area contributed by atoms with Crippen LogP contribution in [0.4, 0.5) is 0 Å². The molecule has 0 saturated heterocycles. The van der Waals surface area contributed by atoms with E-state index >= 15 is 0 Å². The summed E-state index contributed by atoms with van der Waals surface area (Å²) in [6.45, 7) is 4.50. The average Bonchev–Trinajstić information content (AvgIpc) is 2.83. The molecule has 0 aliphatic carbocycles. The number of rotatable bonds is 18. The van der Waals surface area contributed by atoms with E-state index in [0.717, 1.165) is 12.8 Å². The molecule has 190 valence electrons. The van der Waals surface area contributed by atoms with Crippen LogP contribution in [0, 0.1) is 0 Å². The maximum absolute atomic E-state index is 13.2. The number of aryl methyl sites for hydroxylation is 2. The van der Waals surface area contributed by atoms with Crippen LogP contribution in [0.25, 0.3) is 0 Å². The van der Waals surface area contributed by atoms with E-state index in [-0.39, 0.29) is 21.1 Å². The van der Waals surface area contributed by atoms with Crippen LogP contribution in [0.15, 0.2) is 48.5 Å². The van der Waals surface area contributed by atoms with Gasteiger partial charge in [-0.1, -0.05) is 115 Å². The van der Waals surface area contributed by atoms with Gasteiger partial charge in [0.2, 0.25) is 0 Å². The van der Waals surface area contributed by atoms with Crippen LogP contribution in [-0.2, 0) is 38.5 Å². The monoisotopic (exact) mass is 568 g/mol. The molecule has 1 N–H and O–H groups in total. The molecule has 0 aliphatic rings. The van der Waals surface area contributed by atoms with Crippen molar-refractivity contribution in [1.29, 1.82) is 0 Å². The van der Waals surface area contributed by atoms with Crippen molar-refractivity contribution in [3.8, 4) is 0 Å². The van der Waals surface area contributed by atoms with Crippen molar-refractivity contribution in [2.24, 2.45) is 0 Å². The molecule has 34 heavy (non-hydrogen) atoms. The van der Waals surface area contributed by atoms with Crippen molar-refractivity contribution >= 4 is 18.0 Å². The molecular formula is C30H47MoO2P. The van der Waals surface area contributed by atoms with Gasteiger partial charge in [-0.15, -0.1) is 0 Å². The second-order valence-corrected chi connectivity index (χ2v) is 11.8. The maximum atomic E-state index is 13.2. The van der Waals surface area contributed by atoms with Crippen LogP contribution in [0.3, 0.4) is 0 Å². The third-order valence-corrected chi connectivity index (χ3v) is 8.71. The minimum atomic E-state index is -3.53. The standard InChI is InChI=1S/C30H47O2P.Mo/c1-3-5-7-9-11-13-15-17-27-19-23-29(24-20-27)33(31,32)30-25-21-28(22-26-30)18-16-14-12-10-8-6-4-2;/h19-26H,3-18H2,1-2H3,(H,31,32);. The van der Waals surface area contributed by atoms with Crippen LogP contribution in [0.5, 0.6) is 0 Å². The molecule has 0 spiro atoms. The second kappa shape index (κ2) is 18.6. The van der Waals surface area contributed by atoms with Gasteiger partial charge in [0.1, 0.15) is 0 Å². The topological polar surface area (TPSA) is 37.3 Å². The Kier molecular flexibility index (Phi) is 17.1. The summed E-state index contributed by atoms with van der Waals surface area (Å²) in [4.78, 5) is 10.8. The molecule has 2 rings (SSSR count). The van der Waals surface area contributed by atoms with E-state index in [1.54, 1.807) is 0 Å². The summed E-state index contributed by atoms with van der Waals surface area (Å²) < 4.78 is 13.2. The van der Waals surface area contributed by atoms with Gasteiger partial charge in [-0.2, -0.15) is 0 Å². The van der Waals surface area contributed by atoms with Crippen LogP contribution in [-0.4, -0.2) is 4.89 Å². The molecule has 0 atom stereocenters. The molecule has 2 aromatic rings. The van der Waals surface area contributed by atoms with E-state index in [9.17, 15) is 9.46 Å². The summed E-state index contributed by atoms with van der Waals surface area (Å²) in [5, 5.41) is 1.07. The summed E-state index contributed by atoms with van der Waals surface area (Å²) in [5.74, 6) is 0. The van der Waals surface area contributed by atoms with Crippen molar-refractivity contribution in [2.75, 3.05) is 0 Å². The van der Waals surface area contributed by atoms with Gasteiger partial charge in [-0.25, -0.2) is 0 Å². The fourth-order valence-electron chi connectivity index (χ4n) is 4.45. The molecule has 0 aliphatic heterocycles. The van der Waals surface area contributed by atoms with Crippen LogP contribution in [0.1, 0.15) is 115 Å². The maximum Gasteiger partial charge on any atom is 0.258 e. The van der Waals surface area contributed by atoms with Gasteiger partial charge in [0, 0.05) is 31.7 Å². The zero-order valence-corrected chi connectivity index (χ0v) is 24.5. The molecule has 0 unspecified atom stereocenters. The first kappa shape index (κ1) is 31.3. The van der Waals surface area contributed by atoms with E-state index in [1.807, 2.05) is 48.5 Å². The smallest absolute Gasteiger partial charge is 0.258 e. The zero-order chi connectivity index (χ0) is 23.8. The van der Waals surface area contributed by atoms with E-state index in [0.29, 0.717) is 10.6 Å². The molecule has 2 aromatic carbocycles. The van der Waals surface area contributed by atoms with Gasteiger partial charge < -0.3 is 4.89 Å². The third kappa shape index (κ3) is 11.8. The third-order valence-electron chi connectivity index (χ3n) is 6.71. The summed E-state index contributed by atoms with van der Waals surface area (Å²) in [7, 11) is -3.53. The average molecular weight is 567 g/mol. The van der Waals surface area contributed by atoms with Crippen molar-refractivity contribution in [2.45, 2.75) is 117 Å². The van der Waals surface area contributed by atoms with Crippen molar-refractivity contribution < 1.29 is 30.5 Å². The molecule has 0 fully saturated rings.